The van der Waals surface area contributed by atoms with Crippen molar-refractivity contribution in [1.29, 1.82) is 0 Å². The van der Waals surface area contributed by atoms with Gasteiger partial charge in [-0.15, -0.1) is 0 Å². The number of nitrogens with zero attached hydrogens (tertiary/aromatic N) is 3. The van der Waals surface area contributed by atoms with Crippen LogP contribution in [-0.2, 0) is 28.9 Å². The van der Waals surface area contributed by atoms with Crippen molar-refractivity contribution in [3.8, 4) is 16.9 Å². The highest BCUT2D eigenvalue weighted by Gasteiger charge is 2.20. The predicted octanol–water partition coefficient (Wildman–Crippen LogP) is 3.48. The monoisotopic (exact) mass is 672 g/mol. The van der Waals surface area contributed by atoms with Crippen LogP contribution in [0.1, 0.15) is 46.4 Å². The number of aliphatic imine (C=N–C) groups is 1. The average Bonchev–Trinajstić information content (AvgIpc) is 3.06. The number of hydrogen-bond donors (Lipinski definition) is 7. The van der Waals surface area contributed by atoms with E-state index in [4.69, 9.17) is 28.8 Å². The lowest BCUT2D eigenvalue weighted by molar-refractivity contribution is -0.141. The quantitative estimate of drug-likeness (QED) is 0.0585. The first-order valence-corrected chi connectivity index (χ1v) is 15.5. The molecule has 1 unspecified atom stereocenters. The number of aromatic hydroxyl groups is 1. The number of amides is 2. The first-order chi connectivity index (χ1) is 23.0. The van der Waals surface area contributed by atoms with Gasteiger partial charge in [0.1, 0.15) is 11.8 Å². The molecule has 0 bridgehead atoms. The first kappa shape index (κ1) is 35.2. The molecule has 0 aliphatic rings. The second kappa shape index (κ2) is 16.7. The van der Waals surface area contributed by atoms with Gasteiger partial charge in [0.05, 0.1) is 0 Å². The normalized spacial score (nSPS) is 11.9. The third kappa shape index (κ3) is 10.4. The van der Waals surface area contributed by atoms with Gasteiger partial charge in [0, 0.05) is 19.4 Å². The molecule has 0 aliphatic heterocycles. The number of guanidine groups is 1. The maximum Gasteiger partial charge on any atom is 0.326 e. The van der Waals surface area contributed by atoms with Crippen LogP contribution in [0.4, 0.5) is 11.6 Å². The van der Waals surface area contributed by atoms with E-state index >= 15 is 0 Å². The Morgan fingerprint density at radius 2 is 1.40 bits per heavy atom. The zero-order valence-corrected chi connectivity index (χ0v) is 26.8. The van der Waals surface area contributed by atoms with Crippen LogP contribution in [-0.4, -0.2) is 56.5 Å². The van der Waals surface area contributed by atoms with E-state index in [0.717, 1.165) is 36.0 Å². The number of carbonyl (C=O) groups excluding carboxylic acids is 2. The Labute approximate surface area is 282 Å². The Morgan fingerprint density at radius 1 is 0.812 bits per heavy atom. The van der Waals surface area contributed by atoms with Crippen molar-refractivity contribution >= 4 is 47.0 Å². The fraction of sp³-hybridized carbons (Fsp3) is 0.235. The molecule has 1 atom stereocenters. The predicted molar refractivity (Wildman–Crippen MR) is 184 cm³/mol. The van der Waals surface area contributed by atoms with Gasteiger partial charge in [-0.25, -0.2) is 14.8 Å². The average molecular weight is 673 g/mol. The Balaban J connectivity index is 1.18. The van der Waals surface area contributed by atoms with Gasteiger partial charge in [0.15, 0.2) is 28.4 Å². The summed E-state index contributed by atoms with van der Waals surface area (Å²) in [6.07, 6.45) is 3.21. The van der Waals surface area contributed by atoms with Crippen LogP contribution in [0.2, 0.25) is 5.15 Å². The summed E-state index contributed by atoms with van der Waals surface area (Å²) < 4.78 is 0. The Morgan fingerprint density at radius 3 is 2.00 bits per heavy atom. The number of rotatable bonds is 14. The Bertz CT molecular complexity index is 1760. The molecule has 0 fully saturated rings. The summed E-state index contributed by atoms with van der Waals surface area (Å²) in [5, 5.41) is 23.8. The van der Waals surface area contributed by atoms with Gasteiger partial charge in [-0.05, 0) is 65.6 Å². The molecule has 10 N–H and O–H groups in total. The number of aliphatic carboxylic acids is 1. The van der Waals surface area contributed by atoms with Crippen LogP contribution in [0, 0.1) is 0 Å². The van der Waals surface area contributed by atoms with Crippen molar-refractivity contribution in [2.45, 2.75) is 44.6 Å². The fourth-order valence-electron chi connectivity index (χ4n) is 4.78. The van der Waals surface area contributed by atoms with Gasteiger partial charge < -0.3 is 32.7 Å². The fourth-order valence-corrected chi connectivity index (χ4v) is 4.91. The molecule has 4 rings (SSSR count). The number of unbranched alkanes of at least 4 members (excludes halogenated alkanes) is 1. The molecule has 1 aromatic heterocycles. The maximum absolute atomic E-state index is 12.5. The number of benzene rings is 3. The lowest BCUT2D eigenvalue weighted by Gasteiger charge is -2.15. The summed E-state index contributed by atoms with van der Waals surface area (Å²) in [5.41, 5.74) is 21.8. The third-order valence-corrected chi connectivity index (χ3v) is 7.69. The van der Waals surface area contributed by atoms with E-state index < -0.39 is 17.9 Å². The molecule has 4 aromatic rings. The third-order valence-electron chi connectivity index (χ3n) is 7.41. The highest BCUT2D eigenvalue weighted by atomic mass is 35.5. The smallest absolute Gasteiger partial charge is 0.326 e. The molecule has 13 nitrogen and oxygen atoms in total. The number of nitrogen functional groups attached to an aromatic ring is 2. The van der Waals surface area contributed by atoms with E-state index in [-0.39, 0.29) is 52.9 Å². The number of carbonyl (C=O) groups is 3. The number of phenols is 1. The summed E-state index contributed by atoms with van der Waals surface area (Å²) in [7, 11) is 0. The summed E-state index contributed by atoms with van der Waals surface area (Å²) in [5.74, 6) is -2.37. The lowest BCUT2D eigenvalue weighted by Crippen LogP contribution is -2.42. The summed E-state index contributed by atoms with van der Waals surface area (Å²) >= 11 is 5.81. The van der Waals surface area contributed by atoms with Crippen LogP contribution in [0.3, 0.4) is 0 Å². The zero-order chi connectivity index (χ0) is 34.6. The molecule has 48 heavy (non-hydrogen) atoms. The molecule has 3 aromatic carbocycles. The molecule has 0 radical (unpaired) electrons. The number of phenolic OH excluding ortho intramolecular Hbond substituents is 1. The Hall–Kier alpha value is -5.69. The van der Waals surface area contributed by atoms with Crippen LogP contribution in [0.5, 0.6) is 5.75 Å². The molecule has 14 heteroatoms. The van der Waals surface area contributed by atoms with Crippen LogP contribution >= 0.6 is 11.6 Å². The summed E-state index contributed by atoms with van der Waals surface area (Å²) in [4.78, 5) is 48.3. The van der Waals surface area contributed by atoms with E-state index in [1.165, 1.54) is 17.7 Å². The number of hydrogen-bond acceptors (Lipinski definition) is 9. The first-order valence-electron chi connectivity index (χ1n) is 15.2. The number of nitrogens with one attached hydrogen (secondary N) is 2. The topological polar surface area (TPSA) is 232 Å². The number of anilines is 2. The summed E-state index contributed by atoms with van der Waals surface area (Å²) in [6.45, 7) is 0.418. The van der Waals surface area contributed by atoms with Gasteiger partial charge in [0.25, 0.3) is 5.91 Å². The van der Waals surface area contributed by atoms with Crippen molar-refractivity contribution in [3.63, 3.8) is 0 Å². The molecule has 2 amide bonds. The molecular weight excluding hydrogens is 636 g/mol. The number of aromatic nitrogens is 2. The highest BCUT2D eigenvalue weighted by Crippen LogP contribution is 2.22. The Kier molecular flexibility index (Phi) is 12.3. The SMILES string of the molecule is NC(=NCCCCc1ccc(-c2ccc(CCC(=O)NC(Cc3ccc(O)cc3)C(=O)O)cc2)cc1)NC(=O)c1nc(Cl)c(N)nc1N. The van der Waals surface area contributed by atoms with Crippen molar-refractivity contribution < 1.29 is 24.6 Å². The van der Waals surface area contributed by atoms with E-state index in [9.17, 15) is 24.6 Å². The van der Waals surface area contributed by atoms with Crippen LogP contribution < -0.4 is 27.8 Å². The van der Waals surface area contributed by atoms with E-state index in [1.807, 2.05) is 24.3 Å². The van der Waals surface area contributed by atoms with Crippen LogP contribution in [0.25, 0.3) is 11.1 Å². The highest BCUT2D eigenvalue weighted by molar-refractivity contribution is 6.31. The van der Waals surface area contributed by atoms with Gasteiger partial charge in [0.2, 0.25) is 5.91 Å². The molecule has 250 valence electrons. The summed E-state index contributed by atoms with van der Waals surface area (Å²) in [6, 6.07) is 21.3. The largest absolute Gasteiger partial charge is 0.508 e. The van der Waals surface area contributed by atoms with E-state index in [2.05, 4.69) is 49.9 Å². The van der Waals surface area contributed by atoms with Gasteiger partial charge >= 0.3 is 5.97 Å². The minimum Gasteiger partial charge on any atom is -0.508 e. The molecule has 0 aliphatic carbocycles. The van der Waals surface area contributed by atoms with Gasteiger partial charge in [-0.3, -0.25) is 19.9 Å². The van der Waals surface area contributed by atoms with E-state index in [1.54, 1.807) is 12.1 Å². The van der Waals surface area contributed by atoms with Crippen molar-refractivity contribution in [3.05, 3.63) is 100 Å². The maximum atomic E-state index is 12.5. The second-order valence-corrected chi connectivity index (χ2v) is 11.4. The number of nitrogens with two attached hydrogens (primary N) is 3. The number of carboxylic acids is 1. The zero-order valence-electron chi connectivity index (χ0n) is 26.0. The molecule has 0 saturated carbocycles. The second-order valence-electron chi connectivity index (χ2n) is 11.0. The van der Waals surface area contributed by atoms with E-state index in [0.29, 0.717) is 18.5 Å². The standard InChI is InChI=1S/C34H37ClN8O5/c35-29-31(37)42-30(36)28(41-29)32(46)43-34(38)39-18-2-1-3-20-4-11-23(12-5-20)24-13-6-21(7-14-24)10-17-27(45)40-26(33(47)48)19-22-8-15-25(44)16-9-22/h4-9,11-16,26,44H,1-3,10,17-19H2,(H,40,45)(H,47,48)(H4,36,37,42)(H3,38,39,43,46). The minimum atomic E-state index is -1.12. The van der Waals surface area contributed by atoms with Gasteiger partial charge in [-0.1, -0.05) is 72.3 Å². The van der Waals surface area contributed by atoms with Crippen molar-refractivity contribution in [2.24, 2.45) is 10.7 Å². The van der Waals surface area contributed by atoms with Gasteiger partial charge in [-0.2, -0.15) is 0 Å². The molecule has 0 spiro atoms. The number of aryl methyl sites for hydroxylation is 2. The number of halogens is 1. The van der Waals surface area contributed by atoms with Crippen LogP contribution in [0.15, 0.2) is 77.8 Å². The molecular formula is C34H37ClN8O5. The minimum absolute atomic E-state index is 0.0680. The lowest BCUT2D eigenvalue weighted by atomic mass is 9.99. The molecule has 1 heterocycles. The van der Waals surface area contributed by atoms with Crippen molar-refractivity contribution in [2.75, 3.05) is 18.0 Å². The van der Waals surface area contributed by atoms with Crippen molar-refractivity contribution in [1.82, 2.24) is 20.6 Å². The number of carboxylic acid groups (broad SMARTS) is 1. The molecule has 0 saturated heterocycles.